The molecule has 0 rings (SSSR count). The minimum Gasteiger partial charge on any atom is -0.477 e. The van der Waals surface area contributed by atoms with Crippen molar-refractivity contribution in [3.63, 3.8) is 0 Å². The fraction of sp³-hybridized carbons (Fsp3) is 0.671. The van der Waals surface area contributed by atoms with Crippen molar-refractivity contribution in [2.45, 2.75) is 283 Å². The highest BCUT2D eigenvalue weighted by Gasteiger charge is 2.25. The average molecular weight is 1180 g/mol. The lowest BCUT2D eigenvalue weighted by Gasteiger charge is -2.25. The van der Waals surface area contributed by atoms with Crippen LogP contribution in [-0.4, -0.2) is 87.4 Å². The number of carboxylic acids is 1. The standard InChI is InChI=1S/C76H127NO8/c1-6-8-10-12-14-16-18-20-22-24-26-27-28-29-30-31-32-33-34-35-36-37-38-39-40-41-42-43-44-45-46-47-49-51-53-55-57-59-61-63-65-67-74(79)85-72(71-84-76(75(80)81)82-69-68-77(3,4)5)70-83-73(78)66-64-62-60-58-56-54-52-50-48-25-23-21-19-17-15-13-11-9-7-2/h8,10,14,16,20,22,26-27,29-30,32-33,35-36,38-39,41-42,44-45,47,49,72,76H,6-7,9,11-13,15,17-19,21,23-25,28,31,34,37,40,43,46,48,50-71H2,1-5H3/p+1/b10-8-,16-14-,22-20-,27-26-,30-29-,33-32-,36-35-,39-38-,42-41-,45-44-,49-47-. The van der Waals surface area contributed by atoms with Gasteiger partial charge >= 0.3 is 17.9 Å². The fourth-order valence-electron chi connectivity index (χ4n) is 9.20. The Labute approximate surface area is 522 Å². The first kappa shape index (κ1) is 80.4. The molecule has 0 amide bonds. The third kappa shape index (κ3) is 66.8. The molecule has 0 spiro atoms. The lowest BCUT2D eigenvalue weighted by molar-refractivity contribution is -0.870. The van der Waals surface area contributed by atoms with E-state index < -0.39 is 24.3 Å². The smallest absolute Gasteiger partial charge is 0.361 e. The first-order chi connectivity index (χ1) is 41.6. The Kier molecular flexibility index (Phi) is 61.9. The molecule has 0 aromatic carbocycles. The van der Waals surface area contributed by atoms with E-state index in [-0.39, 0.29) is 32.2 Å². The Bertz CT molecular complexity index is 1860. The van der Waals surface area contributed by atoms with Crippen molar-refractivity contribution in [1.82, 2.24) is 0 Å². The summed E-state index contributed by atoms with van der Waals surface area (Å²) in [5.74, 6) is -2.02. The van der Waals surface area contributed by atoms with Gasteiger partial charge < -0.3 is 28.5 Å². The van der Waals surface area contributed by atoms with E-state index in [9.17, 15) is 19.5 Å². The number of likely N-dealkylation sites (N-methyl/N-ethyl adjacent to an activating group) is 1. The number of carbonyl (C=O) groups excluding carboxylic acids is 2. The van der Waals surface area contributed by atoms with Gasteiger partial charge in [0.2, 0.25) is 0 Å². The zero-order valence-corrected chi connectivity index (χ0v) is 55.2. The number of hydrogen-bond donors (Lipinski definition) is 1. The minimum atomic E-state index is -1.52. The summed E-state index contributed by atoms with van der Waals surface area (Å²) in [6.45, 7) is 4.76. The van der Waals surface area contributed by atoms with Crippen molar-refractivity contribution < 1.29 is 42.9 Å². The van der Waals surface area contributed by atoms with Gasteiger partial charge in [0.1, 0.15) is 13.2 Å². The summed E-state index contributed by atoms with van der Waals surface area (Å²) in [7, 11) is 5.97. The number of ether oxygens (including phenoxy) is 4. The normalized spacial score (nSPS) is 13.6. The summed E-state index contributed by atoms with van der Waals surface area (Å²) in [5.41, 5.74) is 0. The van der Waals surface area contributed by atoms with E-state index in [1.807, 2.05) is 21.1 Å². The topological polar surface area (TPSA) is 108 Å². The lowest BCUT2D eigenvalue weighted by atomic mass is 10.0. The van der Waals surface area contributed by atoms with E-state index in [4.69, 9.17) is 18.9 Å². The number of allylic oxidation sites excluding steroid dienone is 22. The molecule has 0 aliphatic rings. The van der Waals surface area contributed by atoms with Crippen molar-refractivity contribution in [1.29, 1.82) is 0 Å². The van der Waals surface area contributed by atoms with Gasteiger partial charge in [0, 0.05) is 12.8 Å². The SMILES string of the molecule is CC/C=C\C/C=C\C/C=C\C/C=C\C/C=C\C/C=C\C/C=C\C/C=C\C/C=C\C/C=C\C/C=C\CCCCCCCCCC(=O)OC(COC(=O)CCCCCCCCCCCCCCCCCCCCC)COC(OCC[N+](C)(C)C)C(=O)O. The molecule has 9 nitrogen and oxygen atoms in total. The number of rotatable bonds is 62. The molecule has 0 aromatic heterocycles. The van der Waals surface area contributed by atoms with E-state index in [0.29, 0.717) is 23.9 Å². The van der Waals surface area contributed by atoms with Crippen LogP contribution < -0.4 is 0 Å². The molecule has 0 aliphatic heterocycles. The number of hydrogen-bond acceptors (Lipinski definition) is 7. The van der Waals surface area contributed by atoms with E-state index in [1.54, 1.807) is 0 Å². The van der Waals surface area contributed by atoms with Crippen LogP contribution in [0.4, 0.5) is 0 Å². The summed E-state index contributed by atoms with van der Waals surface area (Å²) in [4.78, 5) is 37.5. The van der Waals surface area contributed by atoms with Crippen molar-refractivity contribution in [2.24, 2.45) is 0 Å². The predicted octanol–water partition coefficient (Wildman–Crippen LogP) is 21.4. The monoisotopic (exact) mass is 1180 g/mol. The summed E-state index contributed by atoms with van der Waals surface area (Å²) in [6, 6.07) is 0. The molecule has 0 fully saturated rings. The highest BCUT2D eigenvalue weighted by atomic mass is 16.7. The van der Waals surface area contributed by atoms with Crippen LogP contribution in [0.2, 0.25) is 0 Å². The number of carboxylic acid groups (broad SMARTS) is 1. The van der Waals surface area contributed by atoms with Gasteiger partial charge in [-0.3, -0.25) is 9.59 Å². The van der Waals surface area contributed by atoms with E-state index in [0.717, 1.165) is 116 Å². The quantitative estimate of drug-likeness (QED) is 0.0211. The van der Waals surface area contributed by atoms with Crippen LogP contribution in [0.15, 0.2) is 134 Å². The largest absolute Gasteiger partial charge is 0.477 e. The Balaban J connectivity index is 4.18. The lowest BCUT2D eigenvalue weighted by Crippen LogP contribution is -2.40. The fourth-order valence-corrected chi connectivity index (χ4v) is 9.20. The number of esters is 2. The molecule has 0 bridgehead atoms. The van der Waals surface area contributed by atoms with Crippen LogP contribution in [0.5, 0.6) is 0 Å². The maximum Gasteiger partial charge on any atom is 0.361 e. The third-order valence-corrected chi connectivity index (χ3v) is 14.4. The summed E-state index contributed by atoms with van der Waals surface area (Å²) in [5, 5.41) is 9.73. The highest BCUT2D eigenvalue weighted by Crippen LogP contribution is 2.17. The molecule has 85 heavy (non-hydrogen) atoms. The van der Waals surface area contributed by atoms with Crippen molar-refractivity contribution >= 4 is 17.9 Å². The van der Waals surface area contributed by atoms with Gasteiger partial charge in [-0.15, -0.1) is 0 Å². The van der Waals surface area contributed by atoms with Crippen LogP contribution >= 0.6 is 0 Å². The zero-order chi connectivity index (χ0) is 61.9. The van der Waals surface area contributed by atoms with Crippen molar-refractivity contribution in [3.05, 3.63) is 134 Å². The summed E-state index contributed by atoms with van der Waals surface area (Å²) < 4.78 is 22.9. The van der Waals surface area contributed by atoms with Gasteiger partial charge in [-0.2, -0.15) is 0 Å². The highest BCUT2D eigenvalue weighted by molar-refractivity contribution is 5.71. The van der Waals surface area contributed by atoms with E-state index in [1.165, 1.54) is 122 Å². The predicted molar refractivity (Wildman–Crippen MR) is 364 cm³/mol. The first-order valence-corrected chi connectivity index (χ1v) is 34.3. The molecule has 0 radical (unpaired) electrons. The summed E-state index contributed by atoms with van der Waals surface area (Å²) >= 11 is 0. The maximum atomic E-state index is 12.9. The molecule has 0 saturated carbocycles. The van der Waals surface area contributed by atoms with Crippen LogP contribution in [-0.2, 0) is 33.3 Å². The number of nitrogens with zero attached hydrogens (tertiary/aromatic N) is 1. The second-order valence-electron chi connectivity index (χ2n) is 23.8. The number of aliphatic carboxylic acids is 1. The van der Waals surface area contributed by atoms with E-state index >= 15 is 0 Å². The van der Waals surface area contributed by atoms with Gasteiger partial charge in [-0.05, 0) is 96.3 Å². The molecule has 2 unspecified atom stereocenters. The zero-order valence-electron chi connectivity index (χ0n) is 55.2. The van der Waals surface area contributed by atoms with E-state index in [2.05, 4.69) is 148 Å². The Hall–Kier alpha value is -4.57. The van der Waals surface area contributed by atoms with Gasteiger partial charge in [0.25, 0.3) is 6.29 Å². The maximum absolute atomic E-state index is 12.9. The molecule has 0 heterocycles. The van der Waals surface area contributed by atoms with Crippen molar-refractivity contribution in [2.75, 3.05) is 47.5 Å². The molecular formula is C76H128NO8+. The van der Waals surface area contributed by atoms with Crippen LogP contribution in [0, 0.1) is 0 Å². The molecule has 2 atom stereocenters. The molecule has 1 N–H and O–H groups in total. The molecule has 484 valence electrons. The average Bonchev–Trinajstić information content (AvgIpc) is 3.49. The molecular weight excluding hydrogens is 1050 g/mol. The Morgan fingerprint density at radius 2 is 0.671 bits per heavy atom. The van der Waals surface area contributed by atoms with Gasteiger partial charge in [-0.1, -0.05) is 295 Å². The second-order valence-corrected chi connectivity index (χ2v) is 23.8. The minimum absolute atomic E-state index is 0.181. The van der Waals surface area contributed by atoms with Crippen LogP contribution in [0.1, 0.15) is 271 Å². The van der Waals surface area contributed by atoms with Gasteiger partial charge in [0.15, 0.2) is 6.10 Å². The first-order valence-electron chi connectivity index (χ1n) is 34.3. The second kappa shape index (κ2) is 65.4. The van der Waals surface area contributed by atoms with Crippen LogP contribution in [0.3, 0.4) is 0 Å². The van der Waals surface area contributed by atoms with Crippen molar-refractivity contribution in [3.8, 4) is 0 Å². The molecule has 0 aromatic rings. The third-order valence-electron chi connectivity index (χ3n) is 14.4. The molecule has 0 saturated heterocycles. The van der Waals surface area contributed by atoms with Gasteiger partial charge in [0.05, 0.1) is 34.4 Å². The van der Waals surface area contributed by atoms with Gasteiger partial charge in [-0.25, -0.2) is 4.79 Å². The number of quaternary nitrogens is 1. The Morgan fingerprint density at radius 1 is 0.365 bits per heavy atom. The molecule has 0 aliphatic carbocycles. The Morgan fingerprint density at radius 3 is 1.00 bits per heavy atom. The molecule has 9 heteroatoms. The summed E-state index contributed by atoms with van der Waals surface area (Å²) in [6.07, 6.45) is 91.2. The number of carbonyl (C=O) groups is 3. The number of unbranched alkanes of at least 4 members (excludes halogenated alkanes) is 25. The van der Waals surface area contributed by atoms with Crippen LogP contribution in [0.25, 0.3) is 0 Å².